The standard InChI is InChI=1S/C27H30N6O3.C25H26BrN5O2.C24H22N6O.C23H22BrN5O/c1-28-27(34)19-10-22(12-23(11-19)36-3)33(16-18-4-5-18)21-6-7-24-25(13-21)31-26(15-29-24)20-14-30-32(17-20)8-9-35-2;1-32-21-9-20(10-22(12-21)33-2)31(15-17-3-4-17)19-5-6-23-24(11-19)29-25(14-27-23)18-13-28-30(16-18)8-7-26;1-29-15-18(12-27-29)24-13-26-22-6-5-19(10-23(22)28-24)30(14-16-3-4-16)20-7-17(11-25)8-21(9-20)31-2;1-28-14-16(11-26-28)23-12-25-21-6-5-18(10-22(21)27-23)29(13-15-3-4-15)19-7-17(24)8-20(9-19)30-2/h6-7,10-15,17-18H,4-5,8-9,16H2,1-3H3,(H,28,34);5-6,9-14,16-17H,3-4,7-8,15H2,1-2H3;5-10,12-13,15-16H,3-4,14H2,1-2H3;5-12,14-15H,3-4,13H2,1-2H3. The van der Waals surface area contributed by atoms with Crippen molar-refractivity contribution in [2.45, 2.75) is 64.5 Å². The van der Waals surface area contributed by atoms with Gasteiger partial charge >= 0.3 is 0 Å². The summed E-state index contributed by atoms with van der Waals surface area (Å²) >= 11 is 7.07. The van der Waals surface area contributed by atoms with Crippen LogP contribution in [0.5, 0.6) is 28.7 Å². The number of carbonyl (C=O) groups is 1. The average molecular weight is 1870 g/mol. The van der Waals surface area contributed by atoms with Gasteiger partial charge in [-0.25, -0.2) is 19.9 Å². The van der Waals surface area contributed by atoms with Crippen LogP contribution in [-0.2, 0) is 31.9 Å². The summed E-state index contributed by atoms with van der Waals surface area (Å²) in [7, 11) is 15.4. The molecule has 31 heteroatoms. The fourth-order valence-corrected chi connectivity index (χ4v) is 16.2. The normalized spacial score (nSPS) is 13.3. The Balaban J connectivity index is 0.000000122. The number of rotatable bonds is 31. The van der Waals surface area contributed by atoms with E-state index >= 15 is 0 Å². The molecule has 0 atom stereocenters. The molecule has 29 nitrogen and oxygen atoms in total. The van der Waals surface area contributed by atoms with Crippen molar-refractivity contribution in [3.8, 4) is 79.8 Å². The van der Waals surface area contributed by atoms with E-state index in [1.54, 1.807) is 102 Å². The highest BCUT2D eigenvalue weighted by molar-refractivity contribution is 9.10. The number of amides is 1. The minimum atomic E-state index is -0.151. The number of carbonyl (C=O) groups excluding carboxylic acids is 1. The van der Waals surface area contributed by atoms with E-state index in [0.717, 1.165) is 200 Å². The number of benzene rings is 8. The van der Waals surface area contributed by atoms with Crippen molar-refractivity contribution in [2.75, 3.05) is 107 Å². The number of alkyl halides is 1. The Bertz CT molecular complexity index is 6750. The lowest BCUT2D eigenvalue weighted by atomic mass is 10.1. The number of nitriles is 1. The Kier molecular flexibility index (Phi) is 27.2. The van der Waals surface area contributed by atoms with Gasteiger partial charge in [0.05, 0.1) is 183 Å². The van der Waals surface area contributed by atoms with E-state index < -0.39 is 0 Å². The molecule has 8 heterocycles. The van der Waals surface area contributed by atoms with Gasteiger partial charge in [0.2, 0.25) is 0 Å². The van der Waals surface area contributed by atoms with E-state index in [1.807, 2.05) is 128 Å². The molecule has 8 aromatic heterocycles. The molecule has 4 fully saturated rings. The first-order valence-corrected chi connectivity index (χ1v) is 45.2. The fraction of sp³-hybridized carbons (Fsp3) is 0.293. The van der Waals surface area contributed by atoms with E-state index in [2.05, 4.69) is 176 Å². The zero-order chi connectivity index (χ0) is 89.9. The van der Waals surface area contributed by atoms with Gasteiger partial charge < -0.3 is 53.3 Å². The van der Waals surface area contributed by atoms with E-state index in [-0.39, 0.29) is 5.91 Å². The number of aryl methyl sites for hydroxylation is 3. The summed E-state index contributed by atoms with van der Waals surface area (Å²) in [5.41, 5.74) is 23.0. The van der Waals surface area contributed by atoms with Crippen LogP contribution in [0.2, 0.25) is 0 Å². The highest BCUT2D eigenvalue weighted by Crippen LogP contribution is 2.44. The molecule has 16 aromatic rings. The van der Waals surface area contributed by atoms with E-state index in [9.17, 15) is 10.1 Å². The lowest BCUT2D eigenvalue weighted by Crippen LogP contribution is -2.22. The topological polar surface area (TPSA) is 296 Å². The molecule has 0 aliphatic heterocycles. The van der Waals surface area contributed by atoms with Crippen molar-refractivity contribution in [3.05, 3.63) is 236 Å². The molecule has 4 aliphatic carbocycles. The number of methoxy groups -OCH3 is 6. The molecule has 0 bridgehead atoms. The van der Waals surface area contributed by atoms with Gasteiger partial charge in [-0.05, 0) is 184 Å². The van der Waals surface area contributed by atoms with Gasteiger partial charge in [0.15, 0.2) is 0 Å². The van der Waals surface area contributed by atoms with Gasteiger partial charge in [0, 0.05) is 199 Å². The average Bonchev–Trinajstić information content (AvgIpc) is 1.05. The molecule has 8 aromatic carbocycles. The Labute approximate surface area is 770 Å². The maximum Gasteiger partial charge on any atom is 0.251 e. The van der Waals surface area contributed by atoms with Crippen LogP contribution in [0.3, 0.4) is 0 Å². The van der Waals surface area contributed by atoms with E-state index in [4.69, 9.17) is 48.4 Å². The second kappa shape index (κ2) is 40.1. The summed E-state index contributed by atoms with van der Waals surface area (Å²) in [6.07, 6.45) is 32.2. The summed E-state index contributed by atoms with van der Waals surface area (Å²) in [5, 5.41) is 30.3. The lowest BCUT2D eigenvalue weighted by molar-refractivity contribution is 0.0962. The Morgan fingerprint density at radius 3 is 1.08 bits per heavy atom. The molecule has 20 rings (SSSR count). The summed E-state index contributed by atoms with van der Waals surface area (Å²) in [6.45, 7) is 5.73. The Morgan fingerprint density at radius 1 is 0.400 bits per heavy atom. The van der Waals surface area contributed by atoms with Gasteiger partial charge in [-0.15, -0.1) is 0 Å². The molecular formula is C99H100Br2N22O7. The molecule has 1 N–H and O–H groups in total. The van der Waals surface area contributed by atoms with Gasteiger partial charge in [0.25, 0.3) is 5.91 Å². The third kappa shape index (κ3) is 21.7. The predicted molar refractivity (Wildman–Crippen MR) is 514 cm³/mol. The SMILES string of the molecule is CNC(=O)c1cc(OC)cc(N(CC2CC2)c2ccc3ncc(-c4cnn(CCOC)c4)nc3c2)c1.COc1cc(Br)cc(N(CC2CC2)c2ccc3ncc(-c4cnn(C)c4)nc3c2)c1.COc1cc(C#N)cc(N(CC2CC2)c2ccc3ncc(-c4cnn(C)c4)nc3c2)c1.COc1cc(OC)cc(N(CC2CC2)c2ccc3ncc(-c4cnn(CCBr)c4)nc3c2)c1. The third-order valence-corrected chi connectivity index (χ3v) is 24.0. The van der Waals surface area contributed by atoms with Crippen molar-refractivity contribution in [1.29, 1.82) is 5.26 Å². The summed E-state index contributed by atoms with van der Waals surface area (Å²) in [4.78, 5) is 59.6. The largest absolute Gasteiger partial charge is 0.497 e. The maximum absolute atomic E-state index is 12.4. The first kappa shape index (κ1) is 88.1. The summed E-state index contributed by atoms with van der Waals surface area (Å²) in [5.74, 6) is 6.22. The number of aromatic nitrogens is 16. The Hall–Kier alpha value is -14.0. The molecule has 0 radical (unpaired) electrons. The number of nitrogens with zero attached hydrogens (tertiary/aromatic N) is 21. The van der Waals surface area contributed by atoms with Gasteiger partial charge in [-0.2, -0.15) is 25.7 Å². The molecule has 4 saturated carbocycles. The lowest BCUT2D eigenvalue weighted by Gasteiger charge is -2.26. The second-order valence-electron chi connectivity index (χ2n) is 32.9. The number of ether oxygens (including phenoxy) is 6. The molecule has 1 amide bonds. The van der Waals surface area contributed by atoms with Gasteiger partial charge in [-0.3, -0.25) is 43.5 Å². The van der Waals surface area contributed by atoms with E-state index in [0.29, 0.717) is 53.5 Å². The van der Waals surface area contributed by atoms with Crippen molar-refractivity contribution in [1.82, 2.24) is 84.3 Å². The summed E-state index contributed by atoms with van der Waals surface area (Å²) < 4.78 is 40.9. The second-order valence-corrected chi connectivity index (χ2v) is 34.6. The van der Waals surface area contributed by atoms with Crippen LogP contribution in [0.1, 0.15) is 67.3 Å². The number of nitrogens with one attached hydrogen (secondary N) is 1. The Morgan fingerprint density at radius 2 is 0.738 bits per heavy atom. The van der Waals surface area contributed by atoms with Crippen molar-refractivity contribution in [2.24, 2.45) is 37.8 Å². The summed E-state index contributed by atoms with van der Waals surface area (Å²) in [6, 6.07) is 50.5. The first-order valence-electron chi connectivity index (χ1n) is 43.3. The van der Waals surface area contributed by atoms with Crippen LogP contribution >= 0.6 is 31.9 Å². The number of hydrogen-bond donors (Lipinski definition) is 1. The number of fused-ring (bicyclic) bond motifs is 4. The number of anilines is 8. The number of halogens is 2. The van der Waals surface area contributed by atoms with Crippen LogP contribution in [0.25, 0.3) is 89.2 Å². The number of hydrogen-bond acceptors (Lipinski definition) is 24. The highest BCUT2D eigenvalue weighted by Gasteiger charge is 2.31. The molecular weight excluding hydrogens is 1770 g/mol. The quantitative estimate of drug-likeness (QED) is 0.0395. The molecule has 0 spiro atoms. The highest BCUT2D eigenvalue weighted by atomic mass is 79.9. The predicted octanol–water partition coefficient (Wildman–Crippen LogP) is 19.3. The third-order valence-electron chi connectivity index (χ3n) is 23.1. The first-order chi connectivity index (χ1) is 63.4. The monoisotopic (exact) mass is 1870 g/mol. The maximum atomic E-state index is 12.4. The van der Waals surface area contributed by atoms with Crippen LogP contribution in [-0.4, -0.2) is 173 Å². The van der Waals surface area contributed by atoms with Crippen molar-refractivity contribution in [3.63, 3.8) is 0 Å². The van der Waals surface area contributed by atoms with Crippen LogP contribution < -0.4 is 48.6 Å². The van der Waals surface area contributed by atoms with Gasteiger partial charge in [-0.1, -0.05) is 31.9 Å². The zero-order valence-corrected chi connectivity index (χ0v) is 77.1. The fourth-order valence-electron chi connectivity index (χ4n) is 15.3. The molecule has 0 unspecified atom stereocenters. The van der Waals surface area contributed by atoms with E-state index in [1.165, 1.54) is 51.4 Å². The van der Waals surface area contributed by atoms with Crippen LogP contribution in [0.15, 0.2) is 224 Å². The molecule has 0 saturated heterocycles. The molecule has 4 aliphatic rings. The van der Waals surface area contributed by atoms with Crippen molar-refractivity contribution >= 4 is 127 Å². The van der Waals surface area contributed by atoms with Crippen LogP contribution in [0.4, 0.5) is 45.5 Å². The molecule has 130 heavy (non-hydrogen) atoms. The minimum absolute atomic E-state index is 0.151. The molecule has 662 valence electrons. The van der Waals surface area contributed by atoms with Gasteiger partial charge in [0.1, 0.15) is 28.7 Å². The smallest absolute Gasteiger partial charge is 0.251 e. The minimum Gasteiger partial charge on any atom is -0.497 e. The van der Waals surface area contributed by atoms with Crippen molar-refractivity contribution < 1.29 is 33.2 Å². The van der Waals surface area contributed by atoms with Crippen LogP contribution in [0, 0.1) is 35.0 Å². The zero-order valence-electron chi connectivity index (χ0n) is 73.9.